The fourth-order valence-corrected chi connectivity index (χ4v) is 1.86. The molecule has 0 fully saturated rings. The van der Waals surface area contributed by atoms with Crippen LogP contribution in [0.3, 0.4) is 0 Å². The van der Waals surface area contributed by atoms with E-state index in [-0.39, 0.29) is 48.8 Å². The smallest absolute Gasteiger partial charge is 0.239 e. The molecule has 0 aliphatic heterocycles. The lowest BCUT2D eigenvalue weighted by atomic mass is 10.3. The maximum absolute atomic E-state index is 13.4. The highest BCUT2D eigenvalue weighted by atomic mass is 127. The normalized spacial score (nSPS) is 10.6. The Balaban J connectivity index is 0.00000576. The molecule has 1 amide bonds. The Bertz CT molecular complexity index is 546. The molecule has 0 unspecified atom stereocenters. The second-order valence-corrected chi connectivity index (χ2v) is 4.94. The maximum Gasteiger partial charge on any atom is 0.239 e. The molecule has 0 radical (unpaired) electrons. The van der Waals surface area contributed by atoms with Crippen LogP contribution in [0.25, 0.3) is 0 Å². The van der Waals surface area contributed by atoms with Gasteiger partial charge in [0, 0.05) is 27.7 Å². The summed E-state index contributed by atoms with van der Waals surface area (Å²) in [6, 6.07) is 6.25. The van der Waals surface area contributed by atoms with Gasteiger partial charge in [-0.05, 0) is 12.1 Å². The highest BCUT2D eigenvalue weighted by molar-refractivity contribution is 14.0. The molecule has 0 atom stereocenters. The second kappa shape index (κ2) is 13.6. The number of amides is 1. The van der Waals surface area contributed by atoms with Gasteiger partial charge in [0.15, 0.2) is 17.5 Å². The first-order valence-corrected chi connectivity index (χ1v) is 7.63. The summed E-state index contributed by atoms with van der Waals surface area (Å²) in [7, 11) is 5.01. The molecular weight excluding hydrogens is 442 g/mol. The number of ether oxygens (including phenoxy) is 2. The van der Waals surface area contributed by atoms with E-state index in [0.29, 0.717) is 25.7 Å². The van der Waals surface area contributed by atoms with E-state index in [9.17, 15) is 9.18 Å². The average molecular weight is 468 g/mol. The van der Waals surface area contributed by atoms with Crippen LogP contribution in [-0.2, 0) is 9.53 Å². The Morgan fingerprint density at radius 3 is 2.64 bits per heavy atom. The first-order chi connectivity index (χ1) is 11.6. The lowest BCUT2D eigenvalue weighted by molar-refractivity contribution is -0.120. The van der Waals surface area contributed by atoms with Crippen LogP contribution >= 0.6 is 24.0 Å². The molecule has 0 saturated heterocycles. The molecule has 2 N–H and O–H groups in total. The summed E-state index contributed by atoms with van der Waals surface area (Å²) in [5, 5.41) is 5.66. The van der Waals surface area contributed by atoms with Crippen LogP contribution in [0.15, 0.2) is 29.3 Å². The molecule has 7 nitrogen and oxygen atoms in total. The standard InChI is InChI=1S/C16H25FN4O3.HI/c1-18-16(20-12-15(22)19-8-10-23-3)21(2)9-11-24-14-7-5-4-6-13(14)17;/h4-7H,8-12H2,1-3H3,(H,18,20)(H,19,22);1H. The topological polar surface area (TPSA) is 75.2 Å². The van der Waals surface area contributed by atoms with E-state index in [0.717, 1.165) is 0 Å². The van der Waals surface area contributed by atoms with Crippen LogP contribution in [0.2, 0.25) is 0 Å². The van der Waals surface area contributed by atoms with Crippen LogP contribution in [0.4, 0.5) is 4.39 Å². The zero-order valence-corrected chi connectivity index (χ0v) is 17.1. The number of hydrogen-bond acceptors (Lipinski definition) is 4. The van der Waals surface area contributed by atoms with Gasteiger partial charge in [-0.2, -0.15) is 0 Å². The summed E-state index contributed by atoms with van der Waals surface area (Å²) in [6.07, 6.45) is 0. The van der Waals surface area contributed by atoms with Crippen LogP contribution < -0.4 is 15.4 Å². The molecule has 9 heteroatoms. The van der Waals surface area contributed by atoms with Crippen molar-refractivity contribution >= 4 is 35.8 Å². The highest BCUT2D eigenvalue weighted by Crippen LogP contribution is 2.14. The number of aliphatic imine (C=N–C) groups is 1. The molecule has 25 heavy (non-hydrogen) atoms. The van der Waals surface area contributed by atoms with Crippen LogP contribution in [0.1, 0.15) is 0 Å². The van der Waals surface area contributed by atoms with Crippen molar-refractivity contribution in [2.75, 3.05) is 54.1 Å². The Hall–Kier alpha value is -1.62. The maximum atomic E-state index is 13.4. The lowest BCUT2D eigenvalue weighted by Crippen LogP contribution is -2.45. The van der Waals surface area contributed by atoms with Crippen LogP contribution in [0, 0.1) is 5.82 Å². The van der Waals surface area contributed by atoms with Gasteiger partial charge in [0.2, 0.25) is 5.91 Å². The largest absolute Gasteiger partial charge is 0.489 e. The van der Waals surface area contributed by atoms with Gasteiger partial charge in [0.05, 0.1) is 19.7 Å². The highest BCUT2D eigenvalue weighted by Gasteiger charge is 2.09. The van der Waals surface area contributed by atoms with Crippen molar-refractivity contribution in [1.29, 1.82) is 0 Å². The van der Waals surface area contributed by atoms with Gasteiger partial charge in [0.1, 0.15) is 6.61 Å². The SMILES string of the molecule is CN=C(NCC(=O)NCCOC)N(C)CCOc1ccccc1F.I. The van der Waals surface area contributed by atoms with Gasteiger partial charge >= 0.3 is 0 Å². The predicted octanol–water partition coefficient (Wildman–Crippen LogP) is 1.09. The van der Waals surface area contributed by atoms with E-state index in [4.69, 9.17) is 9.47 Å². The van der Waals surface area contributed by atoms with Crippen LogP contribution in [-0.4, -0.2) is 70.8 Å². The number of hydrogen-bond donors (Lipinski definition) is 2. The van der Waals surface area contributed by atoms with Crippen molar-refractivity contribution in [3.8, 4) is 5.75 Å². The van der Waals surface area contributed by atoms with E-state index in [2.05, 4.69) is 15.6 Å². The molecule has 1 rings (SSSR count). The third-order valence-corrected chi connectivity index (χ3v) is 3.13. The van der Waals surface area contributed by atoms with Gasteiger partial charge in [-0.3, -0.25) is 9.79 Å². The number of benzene rings is 1. The first-order valence-electron chi connectivity index (χ1n) is 7.63. The van der Waals surface area contributed by atoms with E-state index in [1.54, 1.807) is 37.3 Å². The number of guanidine groups is 1. The minimum Gasteiger partial charge on any atom is -0.489 e. The fourth-order valence-electron chi connectivity index (χ4n) is 1.86. The number of rotatable bonds is 9. The summed E-state index contributed by atoms with van der Waals surface area (Å²) < 4.78 is 23.7. The molecular formula is C16H26FIN4O3. The summed E-state index contributed by atoms with van der Waals surface area (Å²) in [5.41, 5.74) is 0. The van der Waals surface area contributed by atoms with Gasteiger partial charge in [-0.1, -0.05) is 12.1 Å². The number of carbonyl (C=O) groups is 1. The third-order valence-electron chi connectivity index (χ3n) is 3.13. The van der Waals surface area contributed by atoms with Crippen molar-refractivity contribution in [1.82, 2.24) is 15.5 Å². The van der Waals surface area contributed by atoms with E-state index in [1.165, 1.54) is 6.07 Å². The zero-order chi connectivity index (χ0) is 17.8. The number of carbonyl (C=O) groups excluding carboxylic acids is 1. The van der Waals surface area contributed by atoms with Crippen molar-refractivity contribution < 1.29 is 18.7 Å². The molecule has 0 heterocycles. The number of para-hydroxylation sites is 1. The molecule has 1 aromatic rings. The molecule has 0 aliphatic carbocycles. The van der Waals surface area contributed by atoms with Gasteiger partial charge in [-0.25, -0.2) is 4.39 Å². The Morgan fingerprint density at radius 2 is 2.00 bits per heavy atom. The summed E-state index contributed by atoms with van der Waals surface area (Å²) in [4.78, 5) is 17.5. The molecule has 142 valence electrons. The minimum atomic E-state index is -0.393. The number of nitrogens with zero attached hydrogens (tertiary/aromatic N) is 2. The number of methoxy groups -OCH3 is 1. The fraction of sp³-hybridized carbons (Fsp3) is 0.500. The van der Waals surface area contributed by atoms with Crippen molar-refractivity contribution in [2.45, 2.75) is 0 Å². The third kappa shape index (κ3) is 9.44. The second-order valence-electron chi connectivity index (χ2n) is 4.94. The van der Waals surface area contributed by atoms with Crippen LogP contribution in [0.5, 0.6) is 5.75 Å². The van der Waals surface area contributed by atoms with Gasteiger partial charge < -0.3 is 25.0 Å². The molecule has 0 spiro atoms. The van der Waals surface area contributed by atoms with E-state index in [1.807, 2.05) is 7.05 Å². The zero-order valence-electron chi connectivity index (χ0n) is 14.8. The van der Waals surface area contributed by atoms with Gasteiger partial charge in [0.25, 0.3) is 0 Å². The van der Waals surface area contributed by atoms with E-state index < -0.39 is 5.82 Å². The monoisotopic (exact) mass is 468 g/mol. The number of halogens is 2. The lowest BCUT2D eigenvalue weighted by Gasteiger charge is -2.22. The average Bonchev–Trinajstić information content (AvgIpc) is 2.57. The predicted molar refractivity (Wildman–Crippen MR) is 106 cm³/mol. The Labute approximate surface area is 165 Å². The summed E-state index contributed by atoms with van der Waals surface area (Å²) in [5.74, 6) is 0.222. The molecule has 0 aromatic heterocycles. The molecule has 0 aliphatic rings. The summed E-state index contributed by atoms with van der Waals surface area (Å²) >= 11 is 0. The summed E-state index contributed by atoms with van der Waals surface area (Å²) in [6.45, 7) is 1.81. The number of likely N-dealkylation sites (N-methyl/N-ethyl adjacent to an activating group) is 1. The number of nitrogens with one attached hydrogen (secondary N) is 2. The molecule has 0 bridgehead atoms. The van der Waals surface area contributed by atoms with Crippen molar-refractivity contribution in [2.24, 2.45) is 4.99 Å². The first kappa shape index (κ1) is 23.4. The Morgan fingerprint density at radius 1 is 1.28 bits per heavy atom. The quantitative estimate of drug-likeness (QED) is 0.246. The van der Waals surface area contributed by atoms with Crippen molar-refractivity contribution in [3.05, 3.63) is 30.1 Å². The van der Waals surface area contributed by atoms with E-state index >= 15 is 0 Å². The molecule has 0 saturated carbocycles. The minimum absolute atomic E-state index is 0. The van der Waals surface area contributed by atoms with Crippen molar-refractivity contribution in [3.63, 3.8) is 0 Å². The van der Waals surface area contributed by atoms with Gasteiger partial charge in [-0.15, -0.1) is 24.0 Å². The Kier molecular flexibility index (Phi) is 12.8. The molecule has 1 aromatic carbocycles.